The Bertz CT molecular complexity index is 606. The maximum Gasteiger partial charge on any atom is 0.240 e. The second kappa shape index (κ2) is 5.71. The smallest absolute Gasteiger partial charge is 0.240 e. The fourth-order valence-electron chi connectivity index (χ4n) is 3.00. The lowest BCUT2D eigenvalue weighted by Gasteiger charge is -2.18. The van der Waals surface area contributed by atoms with Gasteiger partial charge >= 0.3 is 0 Å². The van der Waals surface area contributed by atoms with Crippen LogP contribution in [-0.2, 0) is 23.1 Å². The summed E-state index contributed by atoms with van der Waals surface area (Å²) in [5.41, 5.74) is 1.70. The predicted octanol–water partition coefficient (Wildman–Crippen LogP) is 2.21. The van der Waals surface area contributed by atoms with Crippen molar-refractivity contribution in [1.29, 1.82) is 0 Å². The first-order valence-electron chi connectivity index (χ1n) is 7.80. The Morgan fingerprint density at radius 1 is 1.19 bits per heavy atom. The van der Waals surface area contributed by atoms with Gasteiger partial charge in [-0.2, -0.15) is 0 Å². The van der Waals surface area contributed by atoms with Crippen molar-refractivity contribution in [2.75, 3.05) is 0 Å². The van der Waals surface area contributed by atoms with Crippen molar-refractivity contribution < 1.29 is 13.5 Å². The monoisotopic (exact) mass is 309 g/mol. The summed E-state index contributed by atoms with van der Waals surface area (Å²) in [4.78, 5) is 0.273. The van der Waals surface area contributed by atoms with Gasteiger partial charge in [0.05, 0.1) is 11.5 Å². The van der Waals surface area contributed by atoms with Crippen LogP contribution < -0.4 is 4.72 Å². The highest BCUT2D eigenvalue weighted by Gasteiger charge is 2.43. The second-order valence-corrected chi connectivity index (χ2v) is 7.98. The Hall–Kier alpha value is -0.910. The number of hydrogen-bond donors (Lipinski definition) is 2. The molecule has 5 heteroatoms. The van der Waals surface area contributed by atoms with E-state index in [0.717, 1.165) is 37.7 Å². The van der Waals surface area contributed by atoms with E-state index in [1.54, 1.807) is 12.1 Å². The summed E-state index contributed by atoms with van der Waals surface area (Å²) in [5.74, 6) is 1.05. The van der Waals surface area contributed by atoms with Gasteiger partial charge in [-0.05, 0) is 67.2 Å². The Morgan fingerprint density at radius 3 is 2.29 bits per heavy atom. The van der Waals surface area contributed by atoms with Crippen LogP contribution in [0.4, 0.5) is 0 Å². The zero-order valence-corrected chi connectivity index (χ0v) is 13.2. The van der Waals surface area contributed by atoms with E-state index in [2.05, 4.69) is 4.72 Å². The normalized spacial score (nSPS) is 19.2. The van der Waals surface area contributed by atoms with Gasteiger partial charge in [0.25, 0.3) is 0 Å². The van der Waals surface area contributed by atoms with Crippen molar-refractivity contribution in [3.63, 3.8) is 0 Å². The molecule has 0 aromatic heterocycles. The molecule has 2 aliphatic rings. The van der Waals surface area contributed by atoms with Gasteiger partial charge in [-0.3, -0.25) is 0 Å². The standard InChI is InChI=1S/C16H23NO3S/c1-2-11-7-8-15(9-14(11)10-18)21(19,20)17-16(12-3-4-12)13-5-6-13/h7-9,12-13,16-18H,2-6,10H2,1H3. The van der Waals surface area contributed by atoms with Gasteiger partial charge in [0, 0.05) is 6.04 Å². The van der Waals surface area contributed by atoms with E-state index in [0.29, 0.717) is 17.4 Å². The zero-order valence-electron chi connectivity index (χ0n) is 12.4. The first-order valence-corrected chi connectivity index (χ1v) is 9.28. The summed E-state index contributed by atoms with van der Waals surface area (Å²) in [6, 6.07) is 5.18. The van der Waals surface area contributed by atoms with Crippen molar-refractivity contribution in [1.82, 2.24) is 4.72 Å². The molecule has 0 unspecified atom stereocenters. The number of benzene rings is 1. The SMILES string of the molecule is CCc1ccc(S(=O)(=O)NC(C2CC2)C2CC2)cc1CO. The molecule has 0 radical (unpaired) electrons. The molecule has 1 aromatic rings. The molecule has 0 bridgehead atoms. The molecule has 1 aromatic carbocycles. The Morgan fingerprint density at radius 2 is 1.81 bits per heavy atom. The zero-order chi connectivity index (χ0) is 15.0. The summed E-state index contributed by atoms with van der Waals surface area (Å²) in [5, 5.41) is 9.40. The van der Waals surface area contributed by atoms with E-state index in [4.69, 9.17) is 0 Å². The lowest BCUT2D eigenvalue weighted by atomic mass is 10.1. The third-order valence-corrected chi connectivity index (χ3v) is 6.05. The van der Waals surface area contributed by atoms with Gasteiger partial charge in [-0.1, -0.05) is 13.0 Å². The molecule has 116 valence electrons. The molecule has 0 spiro atoms. The molecule has 0 heterocycles. The van der Waals surface area contributed by atoms with E-state index in [-0.39, 0.29) is 17.5 Å². The van der Waals surface area contributed by atoms with E-state index >= 15 is 0 Å². The number of rotatable bonds is 7. The quantitative estimate of drug-likeness (QED) is 0.811. The summed E-state index contributed by atoms with van der Waals surface area (Å²) in [6.45, 7) is 1.87. The lowest BCUT2D eigenvalue weighted by Crippen LogP contribution is -2.38. The molecule has 0 saturated heterocycles. The molecule has 2 fully saturated rings. The molecule has 21 heavy (non-hydrogen) atoms. The van der Waals surface area contributed by atoms with Crippen LogP contribution in [0.5, 0.6) is 0 Å². The van der Waals surface area contributed by atoms with Crippen LogP contribution in [0.25, 0.3) is 0 Å². The fourth-order valence-corrected chi connectivity index (χ4v) is 4.42. The van der Waals surface area contributed by atoms with Crippen LogP contribution in [0.2, 0.25) is 0 Å². The van der Waals surface area contributed by atoms with E-state index in [1.165, 1.54) is 0 Å². The van der Waals surface area contributed by atoms with Gasteiger partial charge < -0.3 is 5.11 Å². The van der Waals surface area contributed by atoms with Crippen molar-refractivity contribution in [2.24, 2.45) is 11.8 Å². The largest absolute Gasteiger partial charge is 0.392 e. The number of sulfonamides is 1. The average Bonchev–Trinajstić information content (AvgIpc) is 3.37. The summed E-state index contributed by atoms with van der Waals surface area (Å²) < 4.78 is 28.1. The maximum atomic E-state index is 12.6. The van der Waals surface area contributed by atoms with Gasteiger partial charge in [-0.15, -0.1) is 0 Å². The molecule has 0 amide bonds. The molecule has 2 saturated carbocycles. The number of nitrogens with one attached hydrogen (secondary N) is 1. The number of aliphatic hydroxyl groups excluding tert-OH is 1. The Balaban J connectivity index is 1.83. The topological polar surface area (TPSA) is 66.4 Å². The maximum absolute atomic E-state index is 12.6. The van der Waals surface area contributed by atoms with Crippen LogP contribution in [-0.4, -0.2) is 19.6 Å². The lowest BCUT2D eigenvalue weighted by molar-refractivity contribution is 0.280. The third kappa shape index (κ3) is 3.30. The first kappa shape index (κ1) is 15.0. The number of aliphatic hydroxyl groups is 1. The highest BCUT2D eigenvalue weighted by Crippen LogP contribution is 2.45. The predicted molar refractivity (Wildman–Crippen MR) is 81.3 cm³/mol. The second-order valence-electron chi connectivity index (χ2n) is 6.26. The van der Waals surface area contributed by atoms with Crippen LogP contribution in [0.15, 0.2) is 23.1 Å². The number of aryl methyl sites for hydroxylation is 1. The van der Waals surface area contributed by atoms with Gasteiger partial charge in [0.15, 0.2) is 0 Å². The molecular formula is C16H23NO3S. The summed E-state index contributed by atoms with van der Waals surface area (Å²) >= 11 is 0. The van der Waals surface area contributed by atoms with Crippen molar-refractivity contribution in [2.45, 2.75) is 56.6 Å². The van der Waals surface area contributed by atoms with Crippen LogP contribution in [0.3, 0.4) is 0 Å². The third-order valence-electron chi connectivity index (χ3n) is 4.59. The van der Waals surface area contributed by atoms with E-state index in [1.807, 2.05) is 13.0 Å². The molecule has 3 rings (SSSR count). The summed E-state index contributed by atoms with van der Waals surface area (Å²) in [6.07, 6.45) is 5.35. The Kier molecular flexibility index (Phi) is 4.08. The van der Waals surface area contributed by atoms with Crippen LogP contribution in [0, 0.1) is 11.8 Å². The first-order chi connectivity index (χ1) is 10.0. The van der Waals surface area contributed by atoms with Gasteiger partial charge in [0.2, 0.25) is 10.0 Å². The van der Waals surface area contributed by atoms with Crippen molar-refractivity contribution >= 4 is 10.0 Å². The highest BCUT2D eigenvalue weighted by atomic mass is 32.2. The molecule has 4 nitrogen and oxygen atoms in total. The molecule has 2 N–H and O–H groups in total. The van der Waals surface area contributed by atoms with Gasteiger partial charge in [0.1, 0.15) is 0 Å². The van der Waals surface area contributed by atoms with E-state index < -0.39 is 10.0 Å². The average molecular weight is 309 g/mol. The van der Waals surface area contributed by atoms with Crippen LogP contribution in [0.1, 0.15) is 43.7 Å². The van der Waals surface area contributed by atoms with Crippen molar-refractivity contribution in [3.05, 3.63) is 29.3 Å². The van der Waals surface area contributed by atoms with Crippen LogP contribution >= 0.6 is 0 Å². The minimum absolute atomic E-state index is 0.110. The molecule has 0 aliphatic heterocycles. The molecule has 2 aliphatic carbocycles. The fraction of sp³-hybridized carbons (Fsp3) is 0.625. The van der Waals surface area contributed by atoms with Crippen molar-refractivity contribution in [3.8, 4) is 0 Å². The molecule has 0 atom stereocenters. The van der Waals surface area contributed by atoms with E-state index in [9.17, 15) is 13.5 Å². The minimum Gasteiger partial charge on any atom is -0.392 e. The van der Waals surface area contributed by atoms with Gasteiger partial charge in [-0.25, -0.2) is 13.1 Å². The molecular weight excluding hydrogens is 286 g/mol. The minimum atomic E-state index is -3.49. The Labute approximate surface area is 126 Å². The highest BCUT2D eigenvalue weighted by molar-refractivity contribution is 7.89. The summed E-state index contributed by atoms with van der Waals surface area (Å²) in [7, 11) is -3.49. The number of hydrogen-bond acceptors (Lipinski definition) is 3.